The molecule has 0 aromatic rings. The van der Waals surface area contributed by atoms with Gasteiger partial charge in [-0.05, 0) is 36.8 Å². The fourth-order valence-electron chi connectivity index (χ4n) is 5.65. The van der Waals surface area contributed by atoms with Crippen LogP contribution in [0, 0.1) is 28.6 Å². The molecule has 1 saturated heterocycles. The largest absolute Gasteiger partial charge is 0.508 e. The quantitative estimate of drug-likeness (QED) is 0.638. The van der Waals surface area contributed by atoms with Gasteiger partial charge in [0.1, 0.15) is 11.9 Å². The van der Waals surface area contributed by atoms with Crippen molar-refractivity contribution < 1.29 is 19.3 Å². The Morgan fingerprint density at radius 1 is 1.35 bits per heavy atom. The van der Waals surface area contributed by atoms with Crippen molar-refractivity contribution in [2.45, 2.75) is 51.1 Å². The molecule has 0 bridgehead atoms. The van der Waals surface area contributed by atoms with Crippen LogP contribution in [0.1, 0.15) is 26.7 Å². The SMILES string of the molecule is C[C@]12C=CC(O)=CC1CC(O)[C@@H]1[C@H]2OC[C@]2(C)C(N)C(F)C[C@@H]12. The van der Waals surface area contributed by atoms with Crippen molar-refractivity contribution in [2.24, 2.45) is 34.3 Å². The van der Waals surface area contributed by atoms with E-state index < -0.39 is 23.7 Å². The molecule has 3 aliphatic carbocycles. The first-order valence-electron chi connectivity index (χ1n) is 8.57. The van der Waals surface area contributed by atoms with E-state index in [9.17, 15) is 14.6 Å². The van der Waals surface area contributed by atoms with Crippen molar-refractivity contribution in [1.82, 2.24) is 0 Å². The van der Waals surface area contributed by atoms with Gasteiger partial charge < -0.3 is 20.7 Å². The van der Waals surface area contributed by atoms with Crippen LogP contribution >= 0.6 is 0 Å². The molecule has 1 aliphatic heterocycles. The van der Waals surface area contributed by atoms with Crippen LogP contribution in [0.25, 0.3) is 0 Å². The van der Waals surface area contributed by atoms with Gasteiger partial charge in [-0.3, -0.25) is 0 Å². The third-order valence-electron chi connectivity index (χ3n) is 7.20. The van der Waals surface area contributed by atoms with Crippen LogP contribution in [0.5, 0.6) is 0 Å². The smallest absolute Gasteiger partial charge is 0.116 e. The second-order valence-corrected chi connectivity index (χ2v) is 8.40. The summed E-state index contributed by atoms with van der Waals surface area (Å²) in [6, 6.07) is -0.531. The van der Waals surface area contributed by atoms with Crippen LogP contribution in [0.4, 0.5) is 4.39 Å². The molecular formula is C18H26FNO3. The number of rotatable bonds is 0. The number of halogens is 1. The topological polar surface area (TPSA) is 75.7 Å². The molecule has 3 fully saturated rings. The highest BCUT2D eigenvalue weighted by Gasteiger charge is 2.64. The number of hydrogen-bond acceptors (Lipinski definition) is 4. The second-order valence-electron chi connectivity index (χ2n) is 8.40. The standard InChI is InChI=1S/C18H26FNO3/c1-17-4-3-10(21)5-9(17)6-13(22)14-11-7-12(19)15(20)18(11,2)8-23-16(14)17/h3-5,9,11-16,21-22H,6-8,20H2,1-2H3/t9?,11-,12?,13?,14+,15?,16+,17-,18-/m0/s1. The number of nitrogens with two attached hydrogens (primary N) is 1. The van der Waals surface area contributed by atoms with Crippen LogP contribution in [-0.4, -0.2) is 41.2 Å². The van der Waals surface area contributed by atoms with Gasteiger partial charge in [0, 0.05) is 22.8 Å². The van der Waals surface area contributed by atoms with E-state index in [1.54, 1.807) is 6.08 Å². The normalized spacial score (nSPS) is 58.1. The van der Waals surface area contributed by atoms with Gasteiger partial charge in [-0.15, -0.1) is 0 Å². The Balaban J connectivity index is 1.73. The van der Waals surface area contributed by atoms with Gasteiger partial charge in [0.15, 0.2) is 0 Å². The zero-order valence-corrected chi connectivity index (χ0v) is 13.7. The highest BCUT2D eigenvalue weighted by Crippen LogP contribution is 2.60. The number of alkyl halides is 1. The maximum Gasteiger partial charge on any atom is 0.116 e. The predicted molar refractivity (Wildman–Crippen MR) is 84.4 cm³/mol. The summed E-state index contributed by atoms with van der Waals surface area (Å²) in [4.78, 5) is 0. The maximum atomic E-state index is 14.3. The van der Waals surface area contributed by atoms with E-state index in [1.165, 1.54) is 0 Å². The minimum atomic E-state index is -1.03. The number of allylic oxidation sites excluding steroid dienone is 2. The average Bonchev–Trinajstić information content (AvgIpc) is 2.73. The summed E-state index contributed by atoms with van der Waals surface area (Å²) in [7, 11) is 0. The fraction of sp³-hybridized carbons (Fsp3) is 0.778. The predicted octanol–water partition coefficient (Wildman–Crippen LogP) is 2.09. The summed E-state index contributed by atoms with van der Waals surface area (Å²) < 4.78 is 20.5. The van der Waals surface area contributed by atoms with E-state index in [2.05, 4.69) is 6.92 Å². The molecule has 0 aromatic carbocycles. The molecule has 0 spiro atoms. The molecule has 128 valence electrons. The minimum absolute atomic E-state index is 0.0318. The molecule has 4 rings (SSSR count). The van der Waals surface area contributed by atoms with Crippen molar-refractivity contribution in [2.75, 3.05) is 6.61 Å². The lowest BCUT2D eigenvalue weighted by atomic mass is 9.53. The van der Waals surface area contributed by atoms with Gasteiger partial charge in [-0.1, -0.05) is 19.9 Å². The highest BCUT2D eigenvalue weighted by molar-refractivity contribution is 5.28. The molecule has 1 heterocycles. The van der Waals surface area contributed by atoms with Gasteiger partial charge >= 0.3 is 0 Å². The Kier molecular flexibility index (Phi) is 3.26. The van der Waals surface area contributed by atoms with E-state index >= 15 is 0 Å². The molecule has 0 amide bonds. The third-order valence-corrected chi connectivity index (χ3v) is 7.20. The van der Waals surface area contributed by atoms with Crippen LogP contribution < -0.4 is 5.73 Å². The lowest BCUT2D eigenvalue weighted by molar-refractivity contribution is -0.216. The van der Waals surface area contributed by atoms with Crippen LogP contribution in [0.3, 0.4) is 0 Å². The lowest BCUT2D eigenvalue weighted by Crippen LogP contribution is -2.63. The van der Waals surface area contributed by atoms with E-state index in [-0.39, 0.29) is 35.0 Å². The summed E-state index contributed by atoms with van der Waals surface area (Å²) in [5.41, 5.74) is 5.43. The third kappa shape index (κ3) is 1.93. The van der Waals surface area contributed by atoms with E-state index in [4.69, 9.17) is 10.5 Å². The van der Waals surface area contributed by atoms with E-state index in [0.717, 1.165) is 0 Å². The molecule has 4 N–H and O–H groups in total. The monoisotopic (exact) mass is 323 g/mol. The summed E-state index contributed by atoms with van der Waals surface area (Å²) >= 11 is 0. The lowest BCUT2D eigenvalue weighted by Gasteiger charge is -2.58. The van der Waals surface area contributed by atoms with Crippen LogP contribution in [0.15, 0.2) is 24.0 Å². The minimum Gasteiger partial charge on any atom is -0.508 e. The Morgan fingerprint density at radius 3 is 2.83 bits per heavy atom. The summed E-state index contributed by atoms with van der Waals surface area (Å²) in [6.07, 6.45) is 4.73. The molecule has 5 heteroatoms. The maximum absolute atomic E-state index is 14.3. The first-order chi connectivity index (χ1) is 10.8. The zero-order chi connectivity index (χ0) is 16.6. The molecule has 4 unspecified atom stereocenters. The molecule has 0 radical (unpaired) electrons. The highest BCUT2D eigenvalue weighted by atomic mass is 19.1. The fourth-order valence-corrected chi connectivity index (χ4v) is 5.65. The molecule has 4 nitrogen and oxygen atoms in total. The van der Waals surface area contributed by atoms with Gasteiger partial charge in [0.25, 0.3) is 0 Å². The molecule has 2 saturated carbocycles. The van der Waals surface area contributed by atoms with Gasteiger partial charge in [0.2, 0.25) is 0 Å². The molecule has 0 aromatic heterocycles. The van der Waals surface area contributed by atoms with Crippen molar-refractivity contribution in [3.05, 3.63) is 24.0 Å². The number of aliphatic hydroxyl groups is 2. The Bertz CT molecular complexity index is 579. The molecule has 9 atom stereocenters. The number of ether oxygens (including phenoxy) is 1. The number of fused-ring (bicyclic) bond motifs is 5. The van der Waals surface area contributed by atoms with Gasteiger partial charge in [0.05, 0.1) is 18.8 Å². The molecule has 23 heavy (non-hydrogen) atoms. The van der Waals surface area contributed by atoms with Crippen molar-refractivity contribution in [3.63, 3.8) is 0 Å². The molecular weight excluding hydrogens is 297 g/mol. The Morgan fingerprint density at radius 2 is 2.09 bits per heavy atom. The van der Waals surface area contributed by atoms with Crippen molar-refractivity contribution in [1.29, 1.82) is 0 Å². The summed E-state index contributed by atoms with van der Waals surface area (Å²) in [5, 5.41) is 20.6. The Labute approximate surface area is 136 Å². The number of aliphatic hydroxyl groups excluding tert-OH is 2. The van der Waals surface area contributed by atoms with Crippen molar-refractivity contribution in [3.8, 4) is 0 Å². The number of hydrogen-bond donors (Lipinski definition) is 3. The van der Waals surface area contributed by atoms with Gasteiger partial charge in [-0.2, -0.15) is 0 Å². The summed E-state index contributed by atoms with van der Waals surface area (Å²) in [6.45, 7) is 4.55. The summed E-state index contributed by atoms with van der Waals surface area (Å²) in [5.74, 6) is 0.196. The van der Waals surface area contributed by atoms with E-state index in [0.29, 0.717) is 19.4 Å². The first kappa shape index (κ1) is 15.6. The van der Waals surface area contributed by atoms with E-state index in [1.807, 2.05) is 19.1 Å². The molecule has 4 aliphatic rings. The Hall–Kier alpha value is -0.910. The average molecular weight is 323 g/mol. The van der Waals surface area contributed by atoms with Gasteiger partial charge in [-0.25, -0.2) is 4.39 Å². The van der Waals surface area contributed by atoms with Crippen molar-refractivity contribution >= 4 is 0 Å². The first-order valence-corrected chi connectivity index (χ1v) is 8.57. The van der Waals surface area contributed by atoms with Crippen LogP contribution in [-0.2, 0) is 4.74 Å². The zero-order valence-electron chi connectivity index (χ0n) is 13.7. The van der Waals surface area contributed by atoms with Crippen LogP contribution in [0.2, 0.25) is 0 Å². The second kappa shape index (κ2) is 4.80.